The Balaban J connectivity index is 1.59. The first kappa shape index (κ1) is 19.8. The number of aromatic nitrogens is 3. The summed E-state index contributed by atoms with van der Waals surface area (Å²) in [6, 6.07) is 28.5. The number of nitrogens with zero attached hydrogens (tertiary/aromatic N) is 3. The van der Waals surface area contributed by atoms with Crippen LogP contribution in [0.3, 0.4) is 0 Å². The molecule has 5 nitrogen and oxygen atoms in total. The van der Waals surface area contributed by atoms with E-state index in [0.29, 0.717) is 27.4 Å². The molecule has 0 aliphatic carbocycles. The summed E-state index contributed by atoms with van der Waals surface area (Å²) in [6.07, 6.45) is 1.49. The van der Waals surface area contributed by atoms with Gasteiger partial charge in [0.2, 0.25) is 0 Å². The van der Waals surface area contributed by atoms with Crippen LogP contribution in [0.1, 0.15) is 10.4 Å². The SMILES string of the molecule is O=C(Nc1ccc(Cl)cn1)c1ccc2nc(-c3ccccc3)c(-c3ccccc3)nc2c1. The minimum Gasteiger partial charge on any atom is -0.307 e. The predicted molar refractivity (Wildman–Crippen MR) is 128 cm³/mol. The molecule has 0 saturated heterocycles. The average Bonchev–Trinajstić information content (AvgIpc) is 2.85. The third-order valence-electron chi connectivity index (χ3n) is 4.99. The highest BCUT2D eigenvalue weighted by molar-refractivity contribution is 6.30. The van der Waals surface area contributed by atoms with Gasteiger partial charge < -0.3 is 5.32 Å². The van der Waals surface area contributed by atoms with Gasteiger partial charge >= 0.3 is 0 Å². The van der Waals surface area contributed by atoms with Gasteiger partial charge in [-0.25, -0.2) is 15.0 Å². The zero-order chi connectivity index (χ0) is 21.9. The van der Waals surface area contributed by atoms with Gasteiger partial charge in [-0.15, -0.1) is 0 Å². The molecule has 0 spiro atoms. The summed E-state index contributed by atoms with van der Waals surface area (Å²) in [5.41, 5.74) is 5.32. The number of carbonyl (C=O) groups is 1. The van der Waals surface area contributed by atoms with Crippen molar-refractivity contribution in [3.05, 3.63) is 108 Å². The van der Waals surface area contributed by atoms with E-state index in [4.69, 9.17) is 21.6 Å². The third-order valence-corrected chi connectivity index (χ3v) is 5.21. The lowest BCUT2D eigenvalue weighted by Gasteiger charge is -2.11. The van der Waals surface area contributed by atoms with E-state index < -0.39 is 0 Å². The van der Waals surface area contributed by atoms with E-state index in [-0.39, 0.29) is 5.91 Å². The predicted octanol–water partition coefficient (Wildman–Crippen LogP) is 6.26. The van der Waals surface area contributed by atoms with Gasteiger partial charge in [0.05, 0.1) is 27.4 Å². The number of nitrogens with one attached hydrogen (secondary N) is 1. The number of hydrogen-bond acceptors (Lipinski definition) is 4. The van der Waals surface area contributed by atoms with Crippen molar-refractivity contribution >= 4 is 34.4 Å². The number of anilines is 1. The molecule has 0 radical (unpaired) electrons. The van der Waals surface area contributed by atoms with Gasteiger partial charge in [0.15, 0.2) is 0 Å². The summed E-state index contributed by atoms with van der Waals surface area (Å²) >= 11 is 5.86. The van der Waals surface area contributed by atoms with E-state index >= 15 is 0 Å². The topological polar surface area (TPSA) is 67.8 Å². The molecule has 1 amide bonds. The summed E-state index contributed by atoms with van der Waals surface area (Å²) < 4.78 is 0. The Hall–Kier alpha value is -4.09. The number of rotatable bonds is 4. The lowest BCUT2D eigenvalue weighted by Crippen LogP contribution is -2.13. The molecule has 3 aromatic carbocycles. The average molecular weight is 437 g/mol. The van der Waals surface area contributed by atoms with Crippen molar-refractivity contribution < 1.29 is 4.79 Å². The lowest BCUT2D eigenvalue weighted by molar-refractivity contribution is 0.102. The van der Waals surface area contributed by atoms with Crippen molar-refractivity contribution in [1.82, 2.24) is 15.0 Å². The molecule has 0 bridgehead atoms. The van der Waals surface area contributed by atoms with Gasteiger partial charge in [0.1, 0.15) is 5.82 Å². The van der Waals surface area contributed by atoms with Gasteiger partial charge in [0, 0.05) is 22.9 Å². The second-order valence-electron chi connectivity index (χ2n) is 7.17. The van der Waals surface area contributed by atoms with Crippen LogP contribution in [-0.4, -0.2) is 20.9 Å². The van der Waals surface area contributed by atoms with Crippen LogP contribution >= 0.6 is 11.6 Å². The second kappa shape index (κ2) is 8.57. The second-order valence-corrected chi connectivity index (χ2v) is 7.61. The first-order chi connectivity index (χ1) is 15.7. The minimum atomic E-state index is -0.281. The monoisotopic (exact) mass is 436 g/mol. The molecule has 0 aliphatic rings. The Kier molecular flexibility index (Phi) is 5.32. The Morgan fingerprint density at radius 1 is 0.719 bits per heavy atom. The number of carbonyl (C=O) groups excluding carboxylic acids is 1. The molecule has 0 saturated carbocycles. The normalized spacial score (nSPS) is 10.8. The van der Waals surface area contributed by atoms with Crippen molar-refractivity contribution in [1.29, 1.82) is 0 Å². The molecular weight excluding hydrogens is 420 g/mol. The number of pyridine rings is 1. The number of halogens is 1. The Labute approximate surface area is 189 Å². The molecule has 0 fully saturated rings. The molecule has 2 aromatic heterocycles. The fraction of sp³-hybridized carbons (Fsp3) is 0. The molecule has 1 N–H and O–H groups in total. The van der Waals surface area contributed by atoms with Crippen molar-refractivity contribution in [3.8, 4) is 22.5 Å². The van der Waals surface area contributed by atoms with E-state index in [9.17, 15) is 4.79 Å². The Morgan fingerprint density at radius 2 is 1.34 bits per heavy atom. The van der Waals surface area contributed by atoms with Crippen molar-refractivity contribution in [2.24, 2.45) is 0 Å². The standard InChI is InChI=1S/C26H17ClN4O/c27-20-12-14-23(28-16-20)31-26(32)19-11-13-21-22(15-19)30-25(18-9-5-2-6-10-18)24(29-21)17-7-3-1-4-8-17/h1-16H,(H,28,31,32). The molecular formula is C26H17ClN4O. The number of hydrogen-bond donors (Lipinski definition) is 1. The molecule has 0 unspecified atom stereocenters. The van der Waals surface area contributed by atoms with Gasteiger partial charge in [-0.05, 0) is 30.3 Å². The fourth-order valence-electron chi connectivity index (χ4n) is 3.43. The maximum absolute atomic E-state index is 12.8. The van der Waals surface area contributed by atoms with Crippen molar-refractivity contribution in [2.75, 3.05) is 5.32 Å². The highest BCUT2D eigenvalue weighted by Gasteiger charge is 2.15. The van der Waals surface area contributed by atoms with E-state index in [1.54, 1.807) is 24.3 Å². The first-order valence-electron chi connectivity index (χ1n) is 10.0. The minimum absolute atomic E-state index is 0.281. The molecule has 2 heterocycles. The Bertz CT molecular complexity index is 1410. The summed E-state index contributed by atoms with van der Waals surface area (Å²) in [4.78, 5) is 26.7. The van der Waals surface area contributed by atoms with E-state index in [0.717, 1.165) is 22.5 Å². The summed E-state index contributed by atoms with van der Waals surface area (Å²) in [7, 11) is 0. The lowest BCUT2D eigenvalue weighted by atomic mass is 10.0. The van der Waals surface area contributed by atoms with Crippen LogP contribution in [0.5, 0.6) is 0 Å². The zero-order valence-corrected chi connectivity index (χ0v) is 17.6. The van der Waals surface area contributed by atoms with Crippen LogP contribution in [0.25, 0.3) is 33.5 Å². The van der Waals surface area contributed by atoms with E-state index in [1.807, 2.05) is 66.7 Å². The zero-order valence-electron chi connectivity index (χ0n) is 16.9. The summed E-state index contributed by atoms with van der Waals surface area (Å²) in [6.45, 7) is 0. The number of amides is 1. The Morgan fingerprint density at radius 3 is 1.94 bits per heavy atom. The maximum atomic E-state index is 12.8. The van der Waals surface area contributed by atoms with Crippen molar-refractivity contribution in [3.63, 3.8) is 0 Å². The molecule has 154 valence electrons. The van der Waals surface area contributed by atoms with Crippen LogP contribution in [0.4, 0.5) is 5.82 Å². The first-order valence-corrected chi connectivity index (χ1v) is 10.4. The largest absolute Gasteiger partial charge is 0.307 e. The number of fused-ring (bicyclic) bond motifs is 1. The fourth-order valence-corrected chi connectivity index (χ4v) is 3.54. The molecule has 5 rings (SSSR count). The smallest absolute Gasteiger partial charge is 0.256 e. The van der Waals surface area contributed by atoms with Gasteiger partial charge in [-0.2, -0.15) is 0 Å². The van der Waals surface area contributed by atoms with Crippen LogP contribution < -0.4 is 5.32 Å². The van der Waals surface area contributed by atoms with Crippen LogP contribution in [0.15, 0.2) is 97.2 Å². The van der Waals surface area contributed by atoms with E-state index in [1.165, 1.54) is 6.20 Å². The van der Waals surface area contributed by atoms with Gasteiger partial charge in [-0.1, -0.05) is 72.3 Å². The van der Waals surface area contributed by atoms with Crippen LogP contribution in [-0.2, 0) is 0 Å². The maximum Gasteiger partial charge on any atom is 0.256 e. The quantitative estimate of drug-likeness (QED) is 0.360. The van der Waals surface area contributed by atoms with Crippen LogP contribution in [0, 0.1) is 0 Å². The molecule has 32 heavy (non-hydrogen) atoms. The molecule has 5 aromatic rings. The van der Waals surface area contributed by atoms with Gasteiger partial charge in [0.25, 0.3) is 5.91 Å². The number of benzene rings is 3. The van der Waals surface area contributed by atoms with Crippen LogP contribution in [0.2, 0.25) is 5.02 Å². The molecule has 0 aliphatic heterocycles. The highest BCUT2D eigenvalue weighted by atomic mass is 35.5. The summed E-state index contributed by atoms with van der Waals surface area (Å²) in [5.74, 6) is 0.145. The van der Waals surface area contributed by atoms with Crippen molar-refractivity contribution in [2.45, 2.75) is 0 Å². The highest BCUT2D eigenvalue weighted by Crippen LogP contribution is 2.31. The summed E-state index contributed by atoms with van der Waals surface area (Å²) in [5, 5.41) is 3.28. The molecule has 0 atom stereocenters. The third kappa shape index (κ3) is 4.06. The van der Waals surface area contributed by atoms with Gasteiger partial charge in [-0.3, -0.25) is 4.79 Å². The molecule has 6 heteroatoms. The van der Waals surface area contributed by atoms with E-state index in [2.05, 4.69) is 10.3 Å².